The summed E-state index contributed by atoms with van der Waals surface area (Å²) in [5.41, 5.74) is 1.72. The fourth-order valence-corrected chi connectivity index (χ4v) is 4.06. The molecule has 0 saturated heterocycles. The van der Waals surface area contributed by atoms with E-state index in [0.717, 1.165) is 40.5 Å². The van der Waals surface area contributed by atoms with Gasteiger partial charge in [-0.2, -0.15) is 0 Å². The van der Waals surface area contributed by atoms with Gasteiger partial charge in [0.25, 0.3) is 0 Å². The topological polar surface area (TPSA) is 37.6 Å². The second kappa shape index (κ2) is 9.06. The Bertz CT molecular complexity index is 857. The smallest absolute Gasteiger partial charge is 0.233 e. The fraction of sp³-hybridized carbons (Fsp3) is 0.333. The first-order chi connectivity index (χ1) is 13.1. The molecule has 0 unspecified atom stereocenters. The lowest BCUT2D eigenvalue weighted by atomic mass is 10.1. The normalized spacial score (nSPS) is 11.3. The van der Waals surface area contributed by atoms with E-state index >= 15 is 0 Å². The molecule has 27 heavy (non-hydrogen) atoms. The van der Waals surface area contributed by atoms with Gasteiger partial charge in [-0.05, 0) is 43.7 Å². The summed E-state index contributed by atoms with van der Waals surface area (Å²) in [5.74, 6) is -0.299. The zero-order chi connectivity index (χ0) is 19.2. The van der Waals surface area contributed by atoms with Crippen LogP contribution in [0.4, 0.5) is 9.52 Å². The highest BCUT2D eigenvalue weighted by molar-refractivity contribution is 7.22. The number of aromatic nitrogens is 1. The number of likely N-dealkylation sites (N-methyl/N-ethyl adjacent to an activating group) is 1. The first-order valence-corrected chi connectivity index (χ1v) is 10.2. The number of anilines is 1. The number of nitrogens with one attached hydrogen (secondary N) is 1. The van der Waals surface area contributed by atoms with E-state index in [1.807, 2.05) is 24.3 Å². The van der Waals surface area contributed by atoms with E-state index in [4.69, 9.17) is 0 Å². The Labute approximate surface area is 163 Å². The number of carbonyl (C=O) groups excluding carboxylic acids is 1. The summed E-state index contributed by atoms with van der Waals surface area (Å²) in [6.45, 7) is 7.85. The van der Waals surface area contributed by atoms with Crippen LogP contribution in [-0.4, -0.2) is 37.1 Å². The number of halogens is 1. The quantitative estimate of drug-likeness (QED) is 0.646. The van der Waals surface area contributed by atoms with Gasteiger partial charge in [0, 0.05) is 0 Å². The standard InChI is InChI=1S/C21H24FN3OS/c1-3-24(4-2)13-14-25(20(26)15-16-9-11-17(22)12-10-16)21-23-18-7-5-6-8-19(18)27-21/h5-12H,3-4,13-15H2,1-2H3/p+1. The molecule has 1 N–H and O–H groups in total. The number of fused-ring (bicyclic) bond motifs is 1. The number of benzene rings is 2. The lowest BCUT2D eigenvalue weighted by Crippen LogP contribution is -3.12. The Kier molecular flexibility index (Phi) is 6.53. The number of rotatable bonds is 8. The van der Waals surface area contributed by atoms with Crippen LogP contribution in [0.1, 0.15) is 19.4 Å². The summed E-state index contributed by atoms with van der Waals surface area (Å²) in [5, 5.41) is 0.731. The van der Waals surface area contributed by atoms with Crippen molar-refractivity contribution in [2.45, 2.75) is 20.3 Å². The Morgan fingerprint density at radius 2 is 1.81 bits per heavy atom. The maximum atomic E-state index is 13.1. The van der Waals surface area contributed by atoms with Gasteiger partial charge in [0.1, 0.15) is 5.82 Å². The summed E-state index contributed by atoms with van der Waals surface area (Å²) in [6, 6.07) is 14.0. The molecule has 1 heterocycles. The number of thiazole rings is 1. The van der Waals surface area contributed by atoms with E-state index in [-0.39, 0.29) is 18.1 Å². The predicted octanol–water partition coefficient (Wildman–Crippen LogP) is 2.94. The molecule has 0 bridgehead atoms. The molecule has 1 aromatic heterocycles. The second-order valence-electron chi connectivity index (χ2n) is 6.52. The lowest BCUT2D eigenvalue weighted by molar-refractivity contribution is -0.894. The van der Waals surface area contributed by atoms with Gasteiger partial charge in [-0.25, -0.2) is 9.37 Å². The second-order valence-corrected chi connectivity index (χ2v) is 7.53. The molecule has 3 rings (SSSR count). The number of carbonyl (C=O) groups is 1. The highest BCUT2D eigenvalue weighted by atomic mass is 32.1. The van der Waals surface area contributed by atoms with Crippen molar-refractivity contribution in [1.82, 2.24) is 4.98 Å². The van der Waals surface area contributed by atoms with E-state index in [0.29, 0.717) is 6.54 Å². The molecular formula is C21H25FN3OS+. The molecule has 0 aliphatic heterocycles. The summed E-state index contributed by atoms with van der Waals surface area (Å²) < 4.78 is 14.2. The van der Waals surface area contributed by atoms with E-state index in [1.165, 1.54) is 28.4 Å². The number of nitrogens with zero attached hydrogens (tertiary/aromatic N) is 2. The molecule has 4 nitrogen and oxygen atoms in total. The minimum absolute atomic E-state index is 0.00720. The van der Waals surface area contributed by atoms with Crippen molar-refractivity contribution in [2.24, 2.45) is 0 Å². The molecule has 0 atom stereocenters. The van der Waals surface area contributed by atoms with Gasteiger partial charge in [0.15, 0.2) is 5.13 Å². The first-order valence-electron chi connectivity index (χ1n) is 9.34. The van der Waals surface area contributed by atoms with Crippen LogP contribution in [0, 0.1) is 5.82 Å². The lowest BCUT2D eigenvalue weighted by Gasteiger charge is -2.23. The van der Waals surface area contributed by atoms with Crippen LogP contribution >= 0.6 is 11.3 Å². The van der Waals surface area contributed by atoms with Gasteiger partial charge in [-0.3, -0.25) is 9.69 Å². The number of quaternary nitrogens is 1. The van der Waals surface area contributed by atoms with Crippen LogP contribution in [0.15, 0.2) is 48.5 Å². The predicted molar refractivity (Wildman–Crippen MR) is 109 cm³/mol. The molecule has 6 heteroatoms. The summed E-state index contributed by atoms with van der Waals surface area (Å²) in [7, 11) is 0. The molecule has 1 amide bonds. The molecule has 3 aromatic rings. The van der Waals surface area contributed by atoms with Crippen LogP contribution in [0.25, 0.3) is 10.2 Å². The minimum atomic E-state index is -0.292. The first kappa shape index (κ1) is 19.5. The van der Waals surface area contributed by atoms with Crippen LogP contribution < -0.4 is 9.80 Å². The Morgan fingerprint density at radius 1 is 1.11 bits per heavy atom. The van der Waals surface area contributed by atoms with Crippen molar-refractivity contribution < 1.29 is 14.1 Å². The van der Waals surface area contributed by atoms with Crippen LogP contribution in [0.5, 0.6) is 0 Å². The molecule has 142 valence electrons. The molecular weight excluding hydrogens is 361 g/mol. The zero-order valence-electron chi connectivity index (χ0n) is 15.7. The summed E-state index contributed by atoms with van der Waals surface area (Å²) in [4.78, 5) is 21.0. The van der Waals surface area contributed by atoms with E-state index in [2.05, 4.69) is 18.8 Å². The molecule has 0 aliphatic carbocycles. The van der Waals surface area contributed by atoms with Crippen molar-refractivity contribution in [2.75, 3.05) is 31.1 Å². The Hall–Kier alpha value is -2.31. The Morgan fingerprint density at radius 3 is 2.48 bits per heavy atom. The zero-order valence-corrected chi connectivity index (χ0v) is 16.6. The number of hydrogen-bond acceptors (Lipinski definition) is 3. The van der Waals surface area contributed by atoms with Crippen molar-refractivity contribution in [3.05, 3.63) is 59.9 Å². The number of hydrogen-bond donors (Lipinski definition) is 1. The van der Waals surface area contributed by atoms with Crippen molar-refractivity contribution in [1.29, 1.82) is 0 Å². The summed E-state index contributed by atoms with van der Waals surface area (Å²) >= 11 is 1.54. The van der Waals surface area contributed by atoms with Gasteiger partial charge in [0.2, 0.25) is 5.91 Å². The Balaban J connectivity index is 1.83. The molecule has 0 spiro atoms. The monoisotopic (exact) mass is 386 g/mol. The van der Waals surface area contributed by atoms with E-state index in [9.17, 15) is 9.18 Å². The molecule has 2 aromatic carbocycles. The third-order valence-corrected chi connectivity index (χ3v) is 5.83. The molecule has 0 saturated carbocycles. The molecule has 0 fully saturated rings. The van der Waals surface area contributed by atoms with Gasteiger partial charge in [0.05, 0.1) is 42.8 Å². The van der Waals surface area contributed by atoms with Crippen molar-refractivity contribution in [3.8, 4) is 0 Å². The van der Waals surface area contributed by atoms with Gasteiger partial charge >= 0.3 is 0 Å². The third-order valence-electron chi connectivity index (χ3n) is 4.77. The van der Waals surface area contributed by atoms with Crippen LogP contribution in [0.2, 0.25) is 0 Å². The molecule has 0 aliphatic rings. The van der Waals surface area contributed by atoms with Gasteiger partial charge in [-0.1, -0.05) is 35.6 Å². The average Bonchev–Trinajstić information content (AvgIpc) is 3.10. The van der Waals surface area contributed by atoms with Gasteiger partial charge in [-0.15, -0.1) is 0 Å². The van der Waals surface area contributed by atoms with Crippen LogP contribution in [0.3, 0.4) is 0 Å². The number of para-hydroxylation sites is 1. The minimum Gasteiger partial charge on any atom is -0.334 e. The highest BCUT2D eigenvalue weighted by Gasteiger charge is 2.21. The maximum absolute atomic E-state index is 13.1. The maximum Gasteiger partial charge on any atom is 0.233 e. The SMILES string of the molecule is CC[NH+](CC)CCN(C(=O)Cc1ccc(F)cc1)c1nc2ccccc2s1. The van der Waals surface area contributed by atoms with Gasteiger partial charge < -0.3 is 4.90 Å². The number of amides is 1. The highest BCUT2D eigenvalue weighted by Crippen LogP contribution is 2.28. The summed E-state index contributed by atoms with van der Waals surface area (Å²) in [6.07, 6.45) is 0.240. The third kappa shape index (κ3) is 4.90. The van der Waals surface area contributed by atoms with Crippen LogP contribution in [-0.2, 0) is 11.2 Å². The van der Waals surface area contributed by atoms with E-state index < -0.39 is 0 Å². The van der Waals surface area contributed by atoms with Crippen molar-refractivity contribution >= 4 is 32.6 Å². The van der Waals surface area contributed by atoms with E-state index in [1.54, 1.807) is 17.0 Å². The largest absolute Gasteiger partial charge is 0.334 e. The average molecular weight is 387 g/mol. The fourth-order valence-electron chi connectivity index (χ4n) is 3.05. The van der Waals surface area contributed by atoms with Crippen molar-refractivity contribution in [3.63, 3.8) is 0 Å². The molecule has 0 radical (unpaired) electrons.